The summed E-state index contributed by atoms with van der Waals surface area (Å²) in [6, 6.07) is 40.8. The van der Waals surface area contributed by atoms with E-state index < -0.39 is 21.4 Å². The van der Waals surface area contributed by atoms with E-state index >= 15 is 0 Å². The number of halogens is 3. The highest BCUT2D eigenvalue weighted by atomic mass is 32.2. The van der Waals surface area contributed by atoms with Crippen LogP contribution in [0.4, 0.5) is 13.2 Å². The number of benzene rings is 7. The zero-order chi connectivity index (χ0) is 29.1. The molecule has 0 saturated heterocycles. The molecule has 0 radical (unpaired) electrons. The van der Waals surface area contributed by atoms with Crippen molar-refractivity contribution in [3.63, 3.8) is 0 Å². The summed E-state index contributed by atoms with van der Waals surface area (Å²) < 4.78 is 66.5. The van der Waals surface area contributed by atoms with Gasteiger partial charge in [-0.3, -0.25) is 0 Å². The van der Waals surface area contributed by atoms with Crippen LogP contribution < -0.4 is 4.18 Å². The fraction of sp³-hybridized carbons (Fsp3) is 0.0286. The van der Waals surface area contributed by atoms with Gasteiger partial charge in [-0.25, -0.2) is 0 Å². The molecule has 7 aromatic rings. The van der Waals surface area contributed by atoms with Crippen LogP contribution in [0.25, 0.3) is 65.3 Å². The summed E-state index contributed by atoms with van der Waals surface area (Å²) in [4.78, 5) is 0. The molecule has 0 aromatic heterocycles. The smallest absolute Gasteiger partial charge is 0.376 e. The van der Waals surface area contributed by atoms with Crippen molar-refractivity contribution in [2.24, 2.45) is 0 Å². The SMILES string of the molecule is O=S(=O)(Oc1ccc2ccc(-c3c4ccccc4c(-c4cccc5ccccc45)c4ccccc34)cc2c1)C(F)(F)F. The summed E-state index contributed by atoms with van der Waals surface area (Å²) in [5, 5.41) is 7.75. The topological polar surface area (TPSA) is 43.4 Å². The normalized spacial score (nSPS) is 12.4. The predicted octanol–water partition coefficient (Wildman–Crippen LogP) is 9.86. The Kier molecular flexibility index (Phi) is 5.95. The molecule has 0 unspecified atom stereocenters. The average molecular weight is 579 g/mol. The van der Waals surface area contributed by atoms with Crippen molar-refractivity contribution in [3.8, 4) is 28.0 Å². The minimum atomic E-state index is -5.79. The van der Waals surface area contributed by atoms with Crippen molar-refractivity contribution in [3.05, 3.63) is 127 Å². The molecular formula is C35H21F3O3S. The van der Waals surface area contributed by atoms with Gasteiger partial charge in [-0.05, 0) is 83.5 Å². The van der Waals surface area contributed by atoms with Crippen molar-refractivity contribution in [1.82, 2.24) is 0 Å². The van der Waals surface area contributed by atoms with Crippen LogP contribution in [0, 0.1) is 0 Å². The van der Waals surface area contributed by atoms with Crippen LogP contribution in [0.5, 0.6) is 5.75 Å². The highest BCUT2D eigenvalue weighted by Gasteiger charge is 2.48. The summed E-state index contributed by atoms with van der Waals surface area (Å²) in [7, 11) is -5.79. The Hall–Kier alpha value is -4.88. The van der Waals surface area contributed by atoms with Crippen LogP contribution in [0.2, 0.25) is 0 Å². The maximum atomic E-state index is 12.9. The fourth-order valence-electron chi connectivity index (χ4n) is 5.78. The van der Waals surface area contributed by atoms with Crippen LogP contribution >= 0.6 is 0 Å². The Labute approximate surface area is 239 Å². The third kappa shape index (κ3) is 4.25. The number of hydrogen-bond acceptors (Lipinski definition) is 3. The first-order chi connectivity index (χ1) is 20.2. The first-order valence-electron chi connectivity index (χ1n) is 13.2. The molecule has 42 heavy (non-hydrogen) atoms. The number of alkyl halides is 3. The Morgan fingerprint density at radius 3 is 1.69 bits per heavy atom. The van der Waals surface area contributed by atoms with Crippen LogP contribution in [-0.4, -0.2) is 13.9 Å². The summed E-state index contributed by atoms with van der Waals surface area (Å²) in [5.41, 5.74) is -1.46. The minimum absolute atomic E-state index is 0.405. The molecule has 7 aromatic carbocycles. The van der Waals surface area contributed by atoms with Gasteiger partial charge in [0.25, 0.3) is 0 Å². The number of fused-ring (bicyclic) bond motifs is 4. The van der Waals surface area contributed by atoms with Crippen molar-refractivity contribution < 1.29 is 25.8 Å². The lowest BCUT2D eigenvalue weighted by Crippen LogP contribution is -2.28. The van der Waals surface area contributed by atoms with E-state index in [-0.39, 0.29) is 0 Å². The third-order valence-electron chi connectivity index (χ3n) is 7.58. The standard InChI is InChI=1S/C35H21F3O3S/c36-35(37,38)42(39,40)41-26-19-18-22-16-17-24(20-25(22)21-26)33-29-11-3-5-13-31(29)34(32-14-6-4-12-30(32)33)28-15-7-9-23-8-1-2-10-27(23)28/h1-21H. The van der Waals surface area contributed by atoms with Crippen LogP contribution in [0.1, 0.15) is 0 Å². The average Bonchev–Trinajstić information content (AvgIpc) is 2.98. The Bertz CT molecular complexity index is 2230. The quantitative estimate of drug-likeness (QED) is 0.119. The zero-order valence-electron chi connectivity index (χ0n) is 21.9. The summed E-state index contributed by atoms with van der Waals surface area (Å²) in [6.45, 7) is 0. The van der Waals surface area contributed by atoms with E-state index in [0.29, 0.717) is 5.39 Å². The van der Waals surface area contributed by atoms with E-state index in [1.165, 1.54) is 12.1 Å². The lowest BCUT2D eigenvalue weighted by Gasteiger charge is -2.19. The molecule has 0 saturated carbocycles. The second-order valence-corrected chi connectivity index (χ2v) is 11.6. The highest BCUT2D eigenvalue weighted by molar-refractivity contribution is 7.88. The highest BCUT2D eigenvalue weighted by Crippen LogP contribution is 2.45. The van der Waals surface area contributed by atoms with Crippen LogP contribution in [0.3, 0.4) is 0 Å². The molecule has 0 aliphatic carbocycles. The lowest BCUT2D eigenvalue weighted by molar-refractivity contribution is -0.0500. The molecule has 0 fully saturated rings. The summed E-state index contributed by atoms with van der Waals surface area (Å²) in [6.07, 6.45) is 0. The van der Waals surface area contributed by atoms with Crippen LogP contribution in [0.15, 0.2) is 127 Å². The van der Waals surface area contributed by atoms with E-state index in [9.17, 15) is 21.6 Å². The van der Waals surface area contributed by atoms with Crippen molar-refractivity contribution in [1.29, 1.82) is 0 Å². The molecular weight excluding hydrogens is 557 g/mol. The van der Waals surface area contributed by atoms with Gasteiger partial charge < -0.3 is 4.18 Å². The molecule has 206 valence electrons. The van der Waals surface area contributed by atoms with Gasteiger partial charge in [-0.2, -0.15) is 21.6 Å². The molecule has 0 aliphatic heterocycles. The molecule has 0 aliphatic rings. The zero-order valence-corrected chi connectivity index (χ0v) is 22.7. The minimum Gasteiger partial charge on any atom is -0.376 e. The molecule has 0 heterocycles. The van der Waals surface area contributed by atoms with Gasteiger partial charge in [-0.15, -0.1) is 0 Å². The maximum Gasteiger partial charge on any atom is 0.534 e. The Balaban J connectivity index is 1.49. The molecule has 3 nitrogen and oxygen atoms in total. The monoisotopic (exact) mass is 578 g/mol. The first kappa shape index (κ1) is 26.0. The fourth-order valence-corrected chi connectivity index (χ4v) is 6.23. The molecule has 0 spiro atoms. The van der Waals surface area contributed by atoms with Gasteiger partial charge >= 0.3 is 15.6 Å². The largest absolute Gasteiger partial charge is 0.534 e. The number of rotatable bonds is 4. The molecule has 7 heteroatoms. The predicted molar refractivity (Wildman–Crippen MR) is 163 cm³/mol. The van der Waals surface area contributed by atoms with Gasteiger partial charge in [0.15, 0.2) is 0 Å². The Morgan fingerprint density at radius 1 is 0.500 bits per heavy atom. The molecule has 0 bridgehead atoms. The van der Waals surface area contributed by atoms with E-state index in [4.69, 9.17) is 0 Å². The molecule has 0 amide bonds. The van der Waals surface area contributed by atoms with E-state index in [1.54, 1.807) is 6.07 Å². The second-order valence-electron chi connectivity index (χ2n) is 10.1. The van der Waals surface area contributed by atoms with Gasteiger partial charge in [-0.1, -0.05) is 109 Å². The van der Waals surface area contributed by atoms with Gasteiger partial charge in [0, 0.05) is 0 Å². The van der Waals surface area contributed by atoms with Crippen molar-refractivity contribution in [2.45, 2.75) is 5.51 Å². The van der Waals surface area contributed by atoms with Gasteiger partial charge in [0.2, 0.25) is 0 Å². The first-order valence-corrected chi connectivity index (χ1v) is 14.6. The van der Waals surface area contributed by atoms with Gasteiger partial charge in [0.1, 0.15) is 5.75 Å². The molecule has 0 atom stereocenters. The summed E-state index contributed by atoms with van der Waals surface area (Å²) >= 11 is 0. The maximum absolute atomic E-state index is 12.9. The number of hydrogen-bond donors (Lipinski definition) is 0. The van der Waals surface area contributed by atoms with Gasteiger partial charge in [0.05, 0.1) is 0 Å². The third-order valence-corrected chi connectivity index (χ3v) is 8.56. The summed E-state index contributed by atoms with van der Waals surface area (Å²) in [5.74, 6) is -0.405. The molecule has 7 rings (SSSR count). The lowest BCUT2D eigenvalue weighted by atomic mass is 9.84. The molecule has 0 N–H and O–H groups in total. The Morgan fingerprint density at radius 2 is 1.05 bits per heavy atom. The van der Waals surface area contributed by atoms with E-state index in [2.05, 4.69) is 58.8 Å². The van der Waals surface area contributed by atoms with Crippen molar-refractivity contribution in [2.75, 3.05) is 0 Å². The van der Waals surface area contributed by atoms with Crippen LogP contribution in [-0.2, 0) is 10.1 Å². The second kappa shape index (κ2) is 9.60. The van der Waals surface area contributed by atoms with Crippen molar-refractivity contribution >= 4 is 53.2 Å². The van der Waals surface area contributed by atoms with E-state index in [1.807, 2.05) is 54.6 Å². The van der Waals surface area contributed by atoms with E-state index in [0.717, 1.165) is 60.0 Å².